The summed E-state index contributed by atoms with van der Waals surface area (Å²) in [4.78, 5) is 40.7. The smallest absolute Gasteiger partial charge is 0.269 e. The molecule has 0 saturated heterocycles. The Morgan fingerprint density at radius 2 is 1.77 bits per heavy atom. The highest BCUT2D eigenvalue weighted by Crippen LogP contribution is 2.19. The maximum atomic E-state index is 13.3. The number of nitrogens with two attached hydrogens (primary N) is 1. The number of amides is 1. The molecule has 4 aromatic rings. The standard InChI is InChI=1S/C26H24N6O6S2/c1-17(19-8-10-20(11-9-19)32(35)36)29-30-24(33)16-39-26-28-23-5-3-2-4-22(23)25(34)31(26)15-14-18-6-12-21(13-7-18)40(27,37)38/h2-13H,14-16H2,1H3,(H,30,33)(H2,27,37,38)/b29-17+. The minimum absolute atomic E-state index is 0.00507. The number of hydrazone groups is 1. The van der Waals surface area contributed by atoms with E-state index in [1.54, 1.807) is 43.3 Å². The van der Waals surface area contributed by atoms with Gasteiger partial charge in [-0.1, -0.05) is 36.0 Å². The van der Waals surface area contributed by atoms with Gasteiger partial charge in [0.1, 0.15) is 0 Å². The Morgan fingerprint density at radius 3 is 2.42 bits per heavy atom. The Labute approximate surface area is 233 Å². The molecule has 1 aromatic heterocycles. The minimum atomic E-state index is -3.81. The van der Waals surface area contributed by atoms with Crippen molar-refractivity contribution in [2.24, 2.45) is 10.2 Å². The molecule has 0 unspecified atom stereocenters. The van der Waals surface area contributed by atoms with Crippen molar-refractivity contribution in [2.45, 2.75) is 29.9 Å². The fraction of sp³-hybridized carbons (Fsp3) is 0.154. The molecule has 0 radical (unpaired) electrons. The molecule has 40 heavy (non-hydrogen) atoms. The van der Waals surface area contributed by atoms with Crippen LogP contribution < -0.4 is 16.1 Å². The molecule has 3 aromatic carbocycles. The molecular formula is C26H24N6O6S2. The van der Waals surface area contributed by atoms with E-state index in [9.17, 15) is 28.1 Å². The summed E-state index contributed by atoms with van der Waals surface area (Å²) >= 11 is 1.08. The number of sulfonamides is 1. The normalized spacial score (nSPS) is 11.9. The fourth-order valence-corrected chi connectivity index (χ4v) is 5.07. The highest BCUT2D eigenvalue weighted by molar-refractivity contribution is 7.99. The third-order valence-corrected chi connectivity index (χ3v) is 7.78. The monoisotopic (exact) mass is 580 g/mol. The predicted molar refractivity (Wildman–Crippen MR) is 152 cm³/mol. The molecule has 0 atom stereocenters. The fourth-order valence-electron chi connectivity index (χ4n) is 3.74. The first-order valence-electron chi connectivity index (χ1n) is 11.8. The average Bonchev–Trinajstić information content (AvgIpc) is 2.94. The number of aryl methyl sites for hydroxylation is 1. The second-order valence-corrected chi connectivity index (χ2v) is 11.1. The number of carbonyl (C=O) groups excluding carboxylic acids is 1. The van der Waals surface area contributed by atoms with E-state index in [1.807, 2.05) is 0 Å². The van der Waals surface area contributed by atoms with Gasteiger partial charge in [-0.15, -0.1) is 0 Å². The molecule has 0 saturated carbocycles. The number of hydrogen-bond acceptors (Lipinski definition) is 9. The first-order valence-corrected chi connectivity index (χ1v) is 14.4. The van der Waals surface area contributed by atoms with Crippen molar-refractivity contribution in [3.8, 4) is 0 Å². The molecule has 4 rings (SSSR count). The number of benzene rings is 3. The number of thioether (sulfide) groups is 1. The Balaban J connectivity index is 1.48. The summed E-state index contributed by atoms with van der Waals surface area (Å²) in [6.45, 7) is 1.90. The number of nitrogens with one attached hydrogen (secondary N) is 1. The van der Waals surface area contributed by atoms with E-state index in [2.05, 4.69) is 15.5 Å². The summed E-state index contributed by atoms with van der Waals surface area (Å²) in [5.41, 5.74) is 4.50. The van der Waals surface area contributed by atoms with Gasteiger partial charge in [-0.3, -0.25) is 24.3 Å². The first-order chi connectivity index (χ1) is 19.0. The summed E-state index contributed by atoms with van der Waals surface area (Å²) in [5.74, 6) is -0.510. The topological polar surface area (TPSA) is 180 Å². The number of nitro benzene ring substituents is 1. The van der Waals surface area contributed by atoms with E-state index >= 15 is 0 Å². The van der Waals surface area contributed by atoms with Crippen molar-refractivity contribution >= 4 is 50.0 Å². The van der Waals surface area contributed by atoms with Crippen LogP contribution in [0.2, 0.25) is 0 Å². The second-order valence-electron chi connectivity index (χ2n) is 8.63. The Kier molecular flexibility index (Phi) is 8.72. The summed E-state index contributed by atoms with van der Waals surface area (Å²) in [7, 11) is -3.81. The zero-order valence-corrected chi connectivity index (χ0v) is 22.8. The number of para-hydroxylation sites is 1. The molecular weight excluding hydrogens is 556 g/mol. The number of fused-ring (bicyclic) bond motifs is 1. The highest BCUT2D eigenvalue weighted by atomic mass is 32.2. The molecule has 0 aliphatic heterocycles. The number of nitrogens with zero attached hydrogens (tertiary/aromatic N) is 4. The van der Waals surface area contributed by atoms with Crippen LogP contribution in [0.3, 0.4) is 0 Å². The SMILES string of the molecule is C/C(=N\NC(=O)CSc1nc2ccccc2c(=O)n1CCc1ccc(S(N)(=O)=O)cc1)c1ccc([N+](=O)[O-])cc1. The van der Waals surface area contributed by atoms with Gasteiger partial charge in [-0.2, -0.15) is 5.10 Å². The van der Waals surface area contributed by atoms with Crippen molar-refractivity contribution in [2.75, 3.05) is 5.75 Å². The Bertz CT molecular complexity index is 1770. The van der Waals surface area contributed by atoms with Crippen LogP contribution in [0, 0.1) is 10.1 Å². The third kappa shape index (κ3) is 6.97. The third-order valence-electron chi connectivity index (χ3n) is 5.88. The number of nitro groups is 1. The van der Waals surface area contributed by atoms with Gasteiger partial charge in [-0.25, -0.2) is 24.0 Å². The quantitative estimate of drug-likeness (QED) is 0.0944. The number of primary sulfonamides is 1. The van der Waals surface area contributed by atoms with Crippen LogP contribution in [0.5, 0.6) is 0 Å². The molecule has 0 fully saturated rings. The van der Waals surface area contributed by atoms with Gasteiger partial charge >= 0.3 is 0 Å². The van der Waals surface area contributed by atoms with Crippen LogP contribution in [0.25, 0.3) is 10.9 Å². The van der Waals surface area contributed by atoms with Crippen LogP contribution in [-0.2, 0) is 27.8 Å². The van der Waals surface area contributed by atoms with Crippen molar-refractivity contribution in [1.82, 2.24) is 15.0 Å². The Morgan fingerprint density at radius 1 is 1.10 bits per heavy atom. The van der Waals surface area contributed by atoms with Crippen LogP contribution >= 0.6 is 11.8 Å². The maximum Gasteiger partial charge on any atom is 0.269 e. The van der Waals surface area contributed by atoms with Crippen molar-refractivity contribution in [3.05, 3.63) is 104 Å². The lowest BCUT2D eigenvalue weighted by Gasteiger charge is -2.13. The molecule has 0 spiro atoms. The summed E-state index contributed by atoms with van der Waals surface area (Å²) in [5, 5.41) is 20.8. The van der Waals surface area contributed by atoms with Gasteiger partial charge in [-0.05, 0) is 60.9 Å². The highest BCUT2D eigenvalue weighted by Gasteiger charge is 2.14. The summed E-state index contributed by atoms with van der Waals surface area (Å²) < 4.78 is 24.5. The van der Waals surface area contributed by atoms with Crippen LogP contribution in [0.1, 0.15) is 18.1 Å². The molecule has 12 nitrogen and oxygen atoms in total. The van der Waals surface area contributed by atoms with Crippen LogP contribution in [0.15, 0.2) is 92.7 Å². The molecule has 1 amide bonds. The minimum Gasteiger partial charge on any atom is -0.287 e. The average molecular weight is 581 g/mol. The molecule has 3 N–H and O–H groups in total. The van der Waals surface area contributed by atoms with Gasteiger partial charge in [0.15, 0.2) is 5.16 Å². The first kappa shape index (κ1) is 28.6. The van der Waals surface area contributed by atoms with Gasteiger partial charge in [0.2, 0.25) is 10.0 Å². The predicted octanol–water partition coefficient (Wildman–Crippen LogP) is 2.83. The van der Waals surface area contributed by atoms with E-state index in [1.165, 1.54) is 41.0 Å². The van der Waals surface area contributed by atoms with E-state index < -0.39 is 20.9 Å². The molecule has 206 valence electrons. The number of carbonyl (C=O) groups is 1. The van der Waals surface area contributed by atoms with Gasteiger partial charge < -0.3 is 0 Å². The maximum absolute atomic E-state index is 13.3. The van der Waals surface area contributed by atoms with Gasteiger partial charge in [0.25, 0.3) is 17.2 Å². The molecule has 0 aliphatic carbocycles. The second kappa shape index (κ2) is 12.2. The van der Waals surface area contributed by atoms with Gasteiger partial charge in [0, 0.05) is 18.7 Å². The number of non-ortho nitro benzene ring substituents is 1. The lowest BCUT2D eigenvalue weighted by atomic mass is 10.1. The van der Waals surface area contributed by atoms with E-state index in [-0.39, 0.29) is 28.4 Å². The van der Waals surface area contributed by atoms with Crippen molar-refractivity contribution in [1.29, 1.82) is 0 Å². The molecule has 1 heterocycles. The largest absolute Gasteiger partial charge is 0.287 e. The summed E-state index contributed by atoms with van der Waals surface area (Å²) in [6.07, 6.45) is 0.406. The number of rotatable bonds is 10. The number of hydrogen-bond donors (Lipinski definition) is 2. The zero-order valence-electron chi connectivity index (χ0n) is 21.2. The van der Waals surface area contributed by atoms with Crippen molar-refractivity contribution < 1.29 is 18.1 Å². The lowest BCUT2D eigenvalue weighted by molar-refractivity contribution is -0.384. The van der Waals surface area contributed by atoms with Crippen LogP contribution in [-0.4, -0.2) is 40.3 Å². The van der Waals surface area contributed by atoms with E-state index in [0.29, 0.717) is 33.8 Å². The zero-order chi connectivity index (χ0) is 28.9. The van der Waals surface area contributed by atoms with E-state index in [0.717, 1.165) is 17.3 Å². The van der Waals surface area contributed by atoms with Gasteiger partial charge in [0.05, 0.1) is 32.2 Å². The Hall–Kier alpha value is -4.40. The molecule has 0 aliphatic rings. The molecule has 14 heteroatoms. The van der Waals surface area contributed by atoms with Crippen molar-refractivity contribution in [3.63, 3.8) is 0 Å². The summed E-state index contributed by atoms with van der Waals surface area (Å²) in [6, 6.07) is 18.8. The van der Waals surface area contributed by atoms with E-state index in [4.69, 9.17) is 5.14 Å². The lowest BCUT2D eigenvalue weighted by Crippen LogP contribution is -2.26. The molecule has 0 bridgehead atoms. The number of aromatic nitrogens is 2. The van der Waals surface area contributed by atoms with Crippen LogP contribution in [0.4, 0.5) is 5.69 Å².